The van der Waals surface area contributed by atoms with Crippen LogP contribution in [0.5, 0.6) is 5.75 Å². The maximum atomic E-state index is 11.1. The van der Waals surface area contributed by atoms with Crippen LogP contribution in [0, 0.1) is 3.57 Å². The molecule has 1 aromatic rings. The van der Waals surface area contributed by atoms with Crippen molar-refractivity contribution in [1.29, 1.82) is 0 Å². The van der Waals surface area contributed by atoms with Crippen molar-refractivity contribution in [2.24, 2.45) is 0 Å². The van der Waals surface area contributed by atoms with E-state index in [0.717, 1.165) is 3.57 Å². The smallest absolute Gasteiger partial charge is 0.333 e. The lowest BCUT2D eigenvalue weighted by Crippen LogP contribution is -2.25. The van der Waals surface area contributed by atoms with Gasteiger partial charge in [-0.15, -0.1) is 0 Å². The number of esters is 1. The molecule has 1 atom stereocenters. The highest BCUT2D eigenvalue weighted by atomic mass is 127. The Morgan fingerprint density at radius 1 is 1.44 bits per heavy atom. The van der Waals surface area contributed by atoms with E-state index in [2.05, 4.69) is 29.2 Å². The maximum Gasteiger partial charge on any atom is 0.333 e. The Morgan fingerprint density at radius 2 is 2.11 bits per heavy atom. The average molecular weight is 362 g/mol. The molecule has 0 aliphatic carbocycles. The van der Waals surface area contributed by atoms with Crippen molar-refractivity contribution < 1.29 is 19.4 Å². The molecule has 0 bridgehead atoms. The fourth-order valence-electron chi connectivity index (χ4n) is 1.09. The summed E-state index contributed by atoms with van der Waals surface area (Å²) in [6.45, 7) is 4.97. The quantitative estimate of drug-likeness (QED) is 0.479. The third kappa shape index (κ3) is 5.05. The van der Waals surface area contributed by atoms with Crippen LogP contribution >= 0.6 is 22.6 Å². The van der Waals surface area contributed by atoms with Gasteiger partial charge in [-0.25, -0.2) is 4.79 Å². The topological polar surface area (TPSA) is 55.8 Å². The van der Waals surface area contributed by atoms with Crippen LogP contribution in [-0.4, -0.2) is 30.4 Å². The summed E-state index contributed by atoms with van der Waals surface area (Å²) in [5.41, 5.74) is 0.306. The molecule has 0 fully saturated rings. The summed E-state index contributed by atoms with van der Waals surface area (Å²) >= 11 is 2.14. The van der Waals surface area contributed by atoms with Gasteiger partial charge >= 0.3 is 5.97 Å². The van der Waals surface area contributed by atoms with Gasteiger partial charge in [0.2, 0.25) is 0 Å². The van der Waals surface area contributed by atoms with Gasteiger partial charge in [-0.05, 0) is 41.6 Å². The highest BCUT2D eigenvalue weighted by Crippen LogP contribution is 2.19. The van der Waals surface area contributed by atoms with Gasteiger partial charge in [-0.3, -0.25) is 0 Å². The van der Waals surface area contributed by atoms with E-state index in [4.69, 9.17) is 9.47 Å². The zero-order valence-electron chi connectivity index (χ0n) is 10.1. The minimum absolute atomic E-state index is 0.0729. The van der Waals surface area contributed by atoms with E-state index in [1.54, 1.807) is 6.92 Å². The molecule has 0 saturated heterocycles. The molecule has 0 aromatic heterocycles. The lowest BCUT2D eigenvalue weighted by atomic mass is 10.3. The summed E-state index contributed by atoms with van der Waals surface area (Å²) in [6, 6.07) is 7.47. The number of para-hydroxylation sites is 1. The van der Waals surface area contributed by atoms with Gasteiger partial charge in [0.05, 0.1) is 3.57 Å². The van der Waals surface area contributed by atoms with Crippen molar-refractivity contribution in [3.8, 4) is 5.75 Å². The molecule has 0 saturated carbocycles. The first-order valence-corrected chi connectivity index (χ1v) is 6.46. The second-order valence-corrected chi connectivity index (χ2v) is 4.94. The van der Waals surface area contributed by atoms with E-state index in [-0.39, 0.29) is 13.2 Å². The van der Waals surface area contributed by atoms with E-state index >= 15 is 0 Å². The summed E-state index contributed by atoms with van der Waals surface area (Å²) < 4.78 is 11.2. The van der Waals surface area contributed by atoms with Crippen LogP contribution in [0.4, 0.5) is 0 Å². The Labute approximate surface area is 120 Å². The maximum absolute atomic E-state index is 11.1. The van der Waals surface area contributed by atoms with Crippen molar-refractivity contribution in [1.82, 2.24) is 0 Å². The first-order chi connectivity index (χ1) is 8.50. The molecule has 1 aromatic carbocycles. The second-order valence-electron chi connectivity index (χ2n) is 3.77. The van der Waals surface area contributed by atoms with E-state index < -0.39 is 12.1 Å². The zero-order valence-corrected chi connectivity index (χ0v) is 12.2. The number of aliphatic hydroxyl groups is 1. The van der Waals surface area contributed by atoms with Crippen molar-refractivity contribution in [2.75, 3.05) is 13.2 Å². The van der Waals surface area contributed by atoms with Gasteiger partial charge in [0.15, 0.2) is 0 Å². The third-order valence-electron chi connectivity index (χ3n) is 2.02. The van der Waals surface area contributed by atoms with E-state index in [9.17, 15) is 9.90 Å². The van der Waals surface area contributed by atoms with Crippen LogP contribution in [0.3, 0.4) is 0 Å². The molecule has 1 N–H and O–H groups in total. The fraction of sp³-hybridized carbons (Fsp3) is 0.308. The van der Waals surface area contributed by atoms with Crippen molar-refractivity contribution in [3.05, 3.63) is 40.0 Å². The van der Waals surface area contributed by atoms with Crippen molar-refractivity contribution in [2.45, 2.75) is 13.0 Å². The lowest BCUT2D eigenvalue weighted by molar-refractivity contribution is -0.142. The predicted octanol–water partition coefficient (Wildman–Crippen LogP) is 2.15. The minimum atomic E-state index is -0.857. The summed E-state index contributed by atoms with van der Waals surface area (Å²) in [5.74, 6) is 0.187. The van der Waals surface area contributed by atoms with Crippen LogP contribution in [0.2, 0.25) is 0 Å². The molecule has 0 amide bonds. The number of aliphatic hydroxyl groups excluding tert-OH is 1. The van der Waals surface area contributed by atoms with Crippen LogP contribution in [-0.2, 0) is 9.53 Å². The number of hydrogen-bond acceptors (Lipinski definition) is 4. The van der Waals surface area contributed by atoms with Crippen LogP contribution in [0.15, 0.2) is 36.4 Å². The van der Waals surface area contributed by atoms with Crippen molar-refractivity contribution >= 4 is 28.6 Å². The van der Waals surface area contributed by atoms with Crippen LogP contribution < -0.4 is 4.74 Å². The second kappa shape index (κ2) is 7.38. The number of hydrogen-bond donors (Lipinski definition) is 1. The summed E-state index contributed by atoms with van der Waals surface area (Å²) in [7, 11) is 0. The number of carbonyl (C=O) groups excluding carboxylic acids is 1. The molecule has 1 rings (SSSR count). The van der Waals surface area contributed by atoms with Crippen molar-refractivity contribution in [3.63, 3.8) is 0 Å². The molecule has 0 aliphatic heterocycles. The SMILES string of the molecule is C=C(C)C(=O)OCC(O)COc1ccccc1I. The minimum Gasteiger partial charge on any atom is -0.490 e. The van der Waals surface area contributed by atoms with Crippen LogP contribution in [0.25, 0.3) is 0 Å². The van der Waals surface area contributed by atoms with E-state index in [1.807, 2.05) is 24.3 Å². The summed E-state index contributed by atoms with van der Waals surface area (Å²) in [5, 5.41) is 9.60. The Balaban J connectivity index is 2.33. The predicted molar refractivity (Wildman–Crippen MR) is 76.4 cm³/mol. The molecule has 98 valence electrons. The van der Waals surface area contributed by atoms with Gasteiger partial charge in [0, 0.05) is 5.57 Å². The molecule has 4 nitrogen and oxygen atoms in total. The number of halogens is 1. The fourth-order valence-corrected chi connectivity index (χ4v) is 1.63. The molecule has 5 heteroatoms. The van der Waals surface area contributed by atoms with E-state index in [1.165, 1.54) is 0 Å². The largest absolute Gasteiger partial charge is 0.490 e. The summed E-state index contributed by atoms with van der Waals surface area (Å²) in [4.78, 5) is 11.1. The number of ether oxygens (including phenoxy) is 2. The first-order valence-electron chi connectivity index (χ1n) is 5.38. The third-order valence-corrected chi connectivity index (χ3v) is 2.91. The molecule has 0 heterocycles. The molecule has 0 spiro atoms. The molecule has 0 aliphatic rings. The van der Waals surface area contributed by atoms with Gasteiger partial charge in [0.25, 0.3) is 0 Å². The highest BCUT2D eigenvalue weighted by Gasteiger charge is 2.10. The molecule has 0 radical (unpaired) electrons. The molecular weight excluding hydrogens is 347 g/mol. The standard InChI is InChI=1S/C13H15IO4/c1-9(2)13(16)18-8-10(15)7-17-12-6-4-3-5-11(12)14/h3-6,10,15H,1,7-8H2,2H3. The number of rotatable bonds is 6. The zero-order chi connectivity index (χ0) is 13.5. The Hall–Kier alpha value is -1.08. The number of benzene rings is 1. The Morgan fingerprint density at radius 3 is 2.72 bits per heavy atom. The summed E-state index contributed by atoms with van der Waals surface area (Å²) in [6.07, 6.45) is -0.857. The van der Waals surface area contributed by atoms with Crippen LogP contribution in [0.1, 0.15) is 6.92 Å². The molecule has 1 unspecified atom stereocenters. The highest BCUT2D eigenvalue weighted by molar-refractivity contribution is 14.1. The van der Waals surface area contributed by atoms with E-state index in [0.29, 0.717) is 11.3 Å². The Bertz CT molecular complexity index is 431. The van der Waals surface area contributed by atoms with Gasteiger partial charge in [0.1, 0.15) is 25.1 Å². The first kappa shape index (κ1) is 15.0. The van der Waals surface area contributed by atoms with Gasteiger partial charge in [-0.1, -0.05) is 18.7 Å². The van der Waals surface area contributed by atoms with Gasteiger partial charge in [-0.2, -0.15) is 0 Å². The average Bonchev–Trinajstić information content (AvgIpc) is 2.34. The normalized spacial score (nSPS) is 11.7. The van der Waals surface area contributed by atoms with Gasteiger partial charge < -0.3 is 14.6 Å². The monoisotopic (exact) mass is 362 g/mol. The number of carbonyl (C=O) groups is 1. The lowest BCUT2D eigenvalue weighted by Gasteiger charge is -2.13. The Kier molecular flexibility index (Phi) is 6.14. The molecular formula is C13H15IO4. The molecule has 18 heavy (non-hydrogen) atoms.